The molecule has 0 saturated heterocycles. The van der Waals surface area contributed by atoms with Crippen molar-refractivity contribution in [2.24, 2.45) is 0 Å². The number of carbonyl (C=O) groups excluding carboxylic acids is 1. The first-order valence-corrected chi connectivity index (χ1v) is 9.30. The van der Waals surface area contributed by atoms with E-state index in [4.69, 9.17) is 15.6 Å². The SMILES string of the molecule is Cc1cc(N2CCOc3ncnc(N)c3C2=O)ccc1-c1cnn(C(C)C(=O)O)c1. The van der Waals surface area contributed by atoms with Gasteiger partial charge in [-0.05, 0) is 37.1 Å². The van der Waals surface area contributed by atoms with Gasteiger partial charge in [-0.25, -0.2) is 14.8 Å². The Labute approximate surface area is 171 Å². The van der Waals surface area contributed by atoms with Gasteiger partial charge in [0.2, 0.25) is 5.88 Å². The number of amides is 1. The fourth-order valence-electron chi connectivity index (χ4n) is 3.35. The van der Waals surface area contributed by atoms with E-state index in [1.54, 1.807) is 24.2 Å². The summed E-state index contributed by atoms with van der Waals surface area (Å²) in [6, 6.07) is 4.82. The van der Waals surface area contributed by atoms with E-state index >= 15 is 0 Å². The third-order valence-corrected chi connectivity index (χ3v) is 5.04. The van der Waals surface area contributed by atoms with Crippen molar-refractivity contribution in [1.29, 1.82) is 0 Å². The van der Waals surface area contributed by atoms with Crippen LogP contribution in [0.25, 0.3) is 11.1 Å². The molecule has 1 aliphatic heterocycles. The summed E-state index contributed by atoms with van der Waals surface area (Å²) < 4.78 is 6.97. The first-order chi connectivity index (χ1) is 14.4. The number of carbonyl (C=O) groups is 2. The quantitative estimate of drug-likeness (QED) is 0.668. The second kappa shape index (κ2) is 7.47. The Morgan fingerprint density at radius 3 is 2.87 bits per heavy atom. The number of nitrogens with two attached hydrogens (primary N) is 1. The second-order valence-corrected chi connectivity index (χ2v) is 6.97. The number of carboxylic acids is 1. The molecular weight excluding hydrogens is 388 g/mol. The predicted octanol–water partition coefficient (Wildman–Crippen LogP) is 1.92. The zero-order chi connectivity index (χ0) is 21.4. The zero-order valence-electron chi connectivity index (χ0n) is 16.4. The number of aliphatic carboxylic acids is 1. The van der Waals surface area contributed by atoms with Gasteiger partial charge >= 0.3 is 5.97 Å². The van der Waals surface area contributed by atoms with Crippen molar-refractivity contribution < 1.29 is 19.4 Å². The maximum absolute atomic E-state index is 13.1. The average molecular weight is 408 g/mol. The number of benzene rings is 1. The van der Waals surface area contributed by atoms with Gasteiger partial charge in [0.05, 0.1) is 12.7 Å². The average Bonchev–Trinajstić information content (AvgIpc) is 3.13. The van der Waals surface area contributed by atoms with E-state index in [1.165, 1.54) is 11.0 Å². The van der Waals surface area contributed by atoms with Crippen LogP contribution in [-0.2, 0) is 4.79 Å². The number of rotatable bonds is 4. The number of hydrogen-bond donors (Lipinski definition) is 2. The first kappa shape index (κ1) is 19.4. The molecule has 2 aromatic heterocycles. The summed E-state index contributed by atoms with van der Waals surface area (Å²) in [5.41, 5.74) is 9.32. The van der Waals surface area contributed by atoms with Crippen LogP contribution in [0.5, 0.6) is 5.88 Å². The van der Waals surface area contributed by atoms with Gasteiger partial charge in [0.15, 0.2) is 0 Å². The molecule has 1 aromatic carbocycles. The molecule has 154 valence electrons. The van der Waals surface area contributed by atoms with Crippen LogP contribution in [-0.4, -0.2) is 49.9 Å². The van der Waals surface area contributed by atoms with E-state index in [0.717, 1.165) is 16.7 Å². The van der Waals surface area contributed by atoms with E-state index in [2.05, 4.69) is 15.1 Å². The molecule has 30 heavy (non-hydrogen) atoms. The lowest BCUT2D eigenvalue weighted by Gasteiger charge is -2.21. The molecule has 0 bridgehead atoms. The van der Waals surface area contributed by atoms with Crippen LogP contribution < -0.4 is 15.4 Å². The smallest absolute Gasteiger partial charge is 0.328 e. The van der Waals surface area contributed by atoms with Gasteiger partial charge in [0.25, 0.3) is 5.91 Å². The summed E-state index contributed by atoms with van der Waals surface area (Å²) in [4.78, 5) is 33.7. The van der Waals surface area contributed by atoms with Crippen molar-refractivity contribution in [2.75, 3.05) is 23.8 Å². The standard InChI is InChI=1S/C20H20N6O4/c1-11-7-14(3-4-15(11)13-8-24-26(9-13)12(2)20(28)29)25-5-6-30-18-16(19(25)27)17(21)22-10-23-18/h3-4,7-10,12H,5-6H2,1-2H3,(H,28,29)(H2,21,22,23). The van der Waals surface area contributed by atoms with E-state index in [9.17, 15) is 9.59 Å². The molecule has 10 nitrogen and oxygen atoms in total. The Morgan fingerprint density at radius 1 is 1.33 bits per heavy atom. The van der Waals surface area contributed by atoms with E-state index in [-0.39, 0.29) is 29.8 Å². The summed E-state index contributed by atoms with van der Waals surface area (Å²) in [6.45, 7) is 4.09. The van der Waals surface area contributed by atoms with Crippen molar-refractivity contribution in [3.8, 4) is 17.0 Å². The van der Waals surface area contributed by atoms with Crippen LogP contribution in [0.3, 0.4) is 0 Å². The van der Waals surface area contributed by atoms with Gasteiger partial charge < -0.3 is 20.5 Å². The van der Waals surface area contributed by atoms with Gasteiger partial charge in [-0.1, -0.05) is 6.07 Å². The molecule has 3 heterocycles. The molecule has 1 aliphatic rings. The van der Waals surface area contributed by atoms with Crippen molar-refractivity contribution in [3.63, 3.8) is 0 Å². The first-order valence-electron chi connectivity index (χ1n) is 9.30. The van der Waals surface area contributed by atoms with Crippen LogP contribution in [0.4, 0.5) is 11.5 Å². The highest BCUT2D eigenvalue weighted by Gasteiger charge is 2.29. The normalized spacial score (nSPS) is 14.6. The monoisotopic (exact) mass is 408 g/mol. The number of anilines is 2. The predicted molar refractivity (Wildman–Crippen MR) is 108 cm³/mol. The topological polar surface area (TPSA) is 136 Å². The Bertz CT molecular complexity index is 1140. The number of nitrogens with zero attached hydrogens (tertiary/aromatic N) is 5. The molecule has 0 aliphatic carbocycles. The minimum absolute atomic E-state index is 0.0743. The summed E-state index contributed by atoms with van der Waals surface area (Å²) in [7, 11) is 0. The Hall–Kier alpha value is -3.95. The third kappa shape index (κ3) is 3.32. The molecule has 1 amide bonds. The molecule has 3 N–H and O–H groups in total. The number of ether oxygens (including phenoxy) is 1. The van der Waals surface area contributed by atoms with Crippen LogP contribution in [0.15, 0.2) is 36.9 Å². The summed E-state index contributed by atoms with van der Waals surface area (Å²) >= 11 is 0. The van der Waals surface area contributed by atoms with E-state index in [1.807, 2.05) is 25.1 Å². The molecule has 4 rings (SSSR count). The lowest BCUT2D eigenvalue weighted by molar-refractivity contribution is -0.140. The number of aryl methyl sites for hydroxylation is 1. The zero-order valence-corrected chi connectivity index (χ0v) is 16.4. The third-order valence-electron chi connectivity index (χ3n) is 5.04. The molecule has 10 heteroatoms. The molecule has 0 spiro atoms. The minimum Gasteiger partial charge on any atom is -0.480 e. The number of nitrogen functional groups attached to an aromatic ring is 1. The van der Waals surface area contributed by atoms with Crippen molar-refractivity contribution in [2.45, 2.75) is 19.9 Å². The molecule has 1 atom stereocenters. The molecular formula is C20H20N6O4. The van der Waals surface area contributed by atoms with Crippen LogP contribution in [0, 0.1) is 6.92 Å². The van der Waals surface area contributed by atoms with E-state index < -0.39 is 12.0 Å². The van der Waals surface area contributed by atoms with Gasteiger partial charge in [0.1, 0.15) is 30.4 Å². The maximum atomic E-state index is 13.1. The van der Waals surface area contributed by atoms with Crippen molar-refractivity contribution in [3.05, 3.63) is 48.0 Å². The van der Waals surface area contributed by atoms with Gasteiger partial charge in [-0.3, -0.25) is 9.48 Å². The molecule has 3 aromatic rings. The van der Waals surface area contributed by atoms with E-state index in [0.29, 0.717) is 12.2 Å². The highest BCUT2D eigenvalue weighted by atomic mass is 16.5. The van der Waals surface area contributed by atoms with Gasteiger partial charge in [0, 0.05) is 17.4 Å². The van der Waals surface area contributed by atoms with Crippen molar-refractivity contribution in [1.82, 2.24) is 19.7 Å². The number of hydrogen-bond acceptors (Lipinski definition) is 7. The second-order valence-electron chi connectivity index (χ2n) is 6.97. The summed E-state index contributed by atoms with van der Waals surface area (Å²) in [5.74, 6) is -1.02. The fraction of sp³-hybridized carbons (Fsp3) is 0.250. The summed E-state index contributed by atoms with van der Waals surface area (Å²) in [6.07, 6.45) is 4.59. The highest BCUT2D eigenvalue weighted by molar-refractivity contribution is 6.10. The van der Waals surface area contributed by atoms with Crippen LogP contribution in [0.1, 0.15) is 28.9 Å². The van der Waals surface area contributed by atoms with Gasteiger partial charge in [-0.15, -0.1) is 0 Å². The Kier molecular flexibility index (Phi) is 4.82. The fourth-order valence-corrected chi connectivity index (χ4v) is 3.35. The minimum atomic E-state index is -0.956. The van der Waals surface area contributed by atoms with Crippen LogP contribution in [0.2, 0.25) is 0 Å². The van der Waals surface area contributed by atoms with Crippen LogP contribution >= 0.6 is 0 Å². The van der Waals surface area contributed by atoms with Crippen molar-refractivity contribution >= 4 is 23.4 Å². The molecule has 0 fully saturated rings. The lowest BCUT2D eigenvalue weighted by atomic mass is 10.0. The molecule has 1 unspecified atom stereocenters. The lowest BCUT2D eigenvalue weighted by Crippen LogP contribution is -2.32. The largest absolute Gasteiger partial charge is 0.480 e. The summed E-state index contributed by atoms with van der Waals surface area (Å²) in [5, 5.41) is 13.3. The number of fused-ring (bicyclic) bond motifs is 1. The highest BCUT2D eigenvalue weighted by Crippen LogP contribution is 2.31. The maximum Gasteiger partial charge on any atom is 0.328 e. The Morgan fingerprint density at radius 2 is 2.13 bits per heavy atom. The number of aromatic nitrogens is 4. The number of carboxylic acid groups (broad SMARTS) is 1. The molecule has 0 saturated carbocycles. The molecule has 0 radical (unpaired) electrons. The Balaban J connectivity index is 1.66. The van der Waals surface area contributed by atoms with Gasteiger partial charge in [-0.2, -0.15) is 5.10 Å².